The summed E-state index contributed by atoms with van der Waals surface area (Å²) in [7, 11) is 0. The van der Waals surface area contributed by atoms with Crippen LogP contribution in [0.15, 0.2) is 23.8 Å². The molecule has 1 heteroatoms. The van der Waals surface area contributed by atoms with Gasteiger partial charge in [-0.2, -0.15) is 0 Å². The molecule has 0 heterocycles. The molecule has 0 radical (unpaired) electrons. The van der Waals surface area contributed by atoms with E-state index in [0.717, 1.165) is 47.8 Å². The molecule has 0 N–H and O–H groups in total. The molecule has 9 unspecified atom stereocenters. The topological polar surface area (TPSA) is 0 Å². The summed E-state index contributed by atoms with van der Waals surface area (Å²) in [6, 6.07) is 0. The van der Waals surface area contributed by atoms with Gasteiger partial charge in [0.1, 0.15) is 0 Å². The van der Waals surface area contributed by atoms with E-state index in [1.807, 2.05) is 0 Å². The van der Waals surface area contributed by atoms with Gasteiger partial charge < -0.3 is 0 Å². The first-order valence-corrected chi connectivity index (χ1v) is 13.7. The Bertz CT molecular complexity index is 674. The maximum atomic E-state index is 6.57. The van der Waals surface area contributed by atoms with Gasteiger partial charge in [-0.1, -0.05) is 65.3 Å². The molecule has 3 fully saturated rings. The SMILES string of the molecule is CCC(C=CC(C)C1CCC2C3CC=C4CC(Cl)CCC4(C)C3CCC12C)C(C)C. The Labute approximate surface area is 192 Å². The number of allylic oxidation sites excluding steroid dienone is 4. The normalized spacial score (nSPS) is 45.6. The van der Waals surface area contributed by atoms with Crippen molar-refractivity contribution in [1.82, 2.24) is 0 Å². The molecule has 0 aromatic heterocycles. The predicted octanol–water partition coefficient (Wildman–Crippen LogP) is 9.05. The van der Waals surface area contributed by atoms with Gasteiger partial charge in [0.25, 0.3) is 0 Å². The van der Waals surface area contributed by atoms with Crippen LogP contribution in [0.3, 0.4) is 0 Å². The van der Waals surface area contributed by atoms with Gasteiger partial charge in [-0.25, -0.2) is 0 Å². The number of fused-ring (bicyclic) bond motifs is 5. The first-order valence-electron chi connectivity index (χ1n) is 13.2. The standard InChI is InChI=1S/C29H47Cl/c1-7-21(19(2)3)9-8-20(4)25-12-13-26-24-11-10-22-18-23(30)14-16-28(22,5)27(24)15-17-29(25,26)6/h8-10,19-21,23-27H,7,11-18H2,1-6H3. The van der Waals surface area contributed by atoms with E-state index in [2.05, 4.69) is 59.8 Å². The van der Waals surface area contributed by atoms with Gasteiger partial charge >= 0.3 is 0 Å². The molecule has 0 aromatic rings. The lowest BCUT2D eigenvalue weighted by Crippen LogP contribution is -2.50. The van der Waals surface area contributed by atoms with Gasteiger partial charge in [0.2, 0.25) is 0 Å². The lowest BCUT2D eigenvalue weighted by atomic mass is 9.47. The maximum absolute atomic E-state index is 6.57. The number of hydrogen-bond acceptors (Lipinski definition) is 0. The van der Waals surface area contributed by atoms with Crippen LogP contribution in [-0.4, -0.2) is 5.38 Å². The Kier molecular flexibility index (Phi) is 6.58. The van der Waals surface area contributed by atoms with E-state index in [4.69, 9.17) is 11.6 Å². The van der Waals surface area contributed by atoms with Crippen LogP contribution in [0.25, 0.3) is 0 Å². The van der Waals surface area contributed by atoms with Gasteiger partial charge in [-0.15, -0.1) is 11.6 Å². The summed E-state index contributed by atoms with van der Waals surface area (Å²) >= 11 is 6.57. The van der Waals surface area contributed by atoms with Gasteiger partial charge in [0.05, 0.1) is 0 Å². The predicted molar refractivity (Wildman–Crippen MR) is 132 cm³/mol. The number of hydrogen-bond donors (Lipinski definition) is 0. The highest BCUT2D eigenvalue weighted by atomic mass is 35.5. The molecule has 0 spiro atoms. The molecule has 0 saturated heterocycles. The van der Waals surface area contributed by atoms with E-state index in [0.29, 0.717) is 16.2 Å². The van der Waals surface area contributed by atoms with Crippen LogP contribution in [-0.2, 0) is 0 Å². The third-order valence-electron chi connectivity index (χ3n) is 10.7. The minimum absolute atomic E-state index is 0.385. The van der Waals surface area contributed by atoms with E-state index in [-0.39, 0.29) is 0 Å². The lowest BCUT2D eigenvalue weighted by Gasteiger charge is -2.58. The zero-order chi connectivity index (χ0) is 21.7. The zero-order valence-corrected chi connectivity index (χ0v) is 21.3. The van der Waals surface area contributed by atoms with Crippen molar-refractivity contribution in [3.05, 3.63) is 23.8 Å². The fraction of sp³-hybridized carbons (Fsp3) is 0.862. The van der Waals surface area contributed by atoms with Crippen LogP contribution in [0.5, 0.6) is 0 Å². The second-order valence-corrected chi connectivity index (χ2v) is 13.0. The molecule has 0 bridgehead atoms. The third kappa shape index (κ3) is 3.76. The molecule has 4 aliphatic carbocycles. The van der Waals surface area contributed by atoms with Gasteiger partial charge in [-0.05, 0) is 110 Å². The second-order valence-electron chi connectivity index (χ2n) is 12.4. The van der Waals surface area contributed by atoms with Crippen molar-refractivity contribution in [3.8, 4) is 0 Å². The van der Waals surface area contributed by atoms with Crippen LogP contribution < -0.4 is 0 Å². The van der Waals surface area contributed by atoms with Gasteiger partial charge in [0, 0.05) is 5.38 Å². The molecule has 0 amide bonds. The fourth-order valence-electron chi connectivity index (χ4n) is 8.80. The van der Waals surface area contributed by atoms with Crippen LogP contribution in [0.4, 0.5) is 0 Å². The summed E-state index contributed by atoms with van der Waals surface area (Å²) < 4.78 is 0. The van der Waals surface area contributed by atoms with Crippen molar-refractivity contribution in [2.45, 2.75) is 105 Å². The Hall–Kier alpha value is -0.230. The molecule has 0 aromatic carbocycles. The summed E-state index contributed by atoms with van der Waals surface area (Å²) in [5.74, 6) is 5.87. The minimum Gasteiger partial charge on any atom is -0.123 e. The van der Waals surface area contributed by atoms with E-state index in [1.165, 1.54) is 51.4 Å². The van der Waals surface area contributed by atoms with Crippen LogP contribution >= 0.6 is 11.6 Å². The Balaban J connectivity index is 1.52. The van der Waals surface area contributed by atoms with Crippen LogP contribution in [0.2, 0.25) is 0 Å². The van der Waals surface area contributed by atoms with Crippen molar-refractivity contribution in [1.29, 1.82) is 0 Å². The summed E-state index contributed by atoms with van der Waals surface area (Å²) in [4.78, 5) is 0. The van der Waals surface area contributed by atoms with Gasteiger partial charge in [0.15, 0.2) is 0 Å². The molecule has 0 aliphatic heterocycles. The molecular weight excluding hydrogens is 384 g/mol. The van der Waals surface area contributed by atoms with E-state index < -0.39 is 0 Å². The van der Waals surface area contributed by atoms with Gasteiger partial charge in [-0.3, -0.25) is 0 Å². The molecule has 0 nitrogen and oxygen atoms in total. The first kappa shape index (κ1) is 22.9. The highest BCUT2D eigenvalue weighted by Crippen LogP contribution is 2.67. The summed E-state index contributed by atoms with van der Waals surface area (Å²) in [5, 5.41) is 0.385. The van der Waals surface area contributed by atoms with E-state index >= 15 is 0 Å². The average Bonchev–Trinajstić information content (AvgIpc) is 3.06. The Morgan fingerprint density at radius 1 is 1.03 bits per heavy atom. The smallest absolute Gasteiger partial charge is 0.0373 e. The van der Waals surface area contributed by atoms with Crippen molar-refractivity contribution in [2.75, 3.05) is 0 Å². The van der Waals surface area contributed by atoms with E-state index in [1.54, 1.807) is 5.57 Å². The molecular formula is C29H47Cl. The second kappa shape index (κ2) is 8.61. The summed E-state index contributed by atoms with van der Waals surface area (Å²) in [6.45, 7) is 14.9. The van der Waals surface area contributed by atoms with Crippen molar-refractivity contribution in [2.24, 2.45) is 52.3 Å². The largest absolute Gasteiger partial charge is 0.123 e. The number of rotatable bonds is 5. The van der Waals surface area contributed by atoms with Crippen LogP contribution in [0, 0.1) is 52.3 Å². The number of alkyl halides is 1. The number of halogens is 1. The van der Waals surface area contributed by atoms with Crippen molar-refractivity contribution >= 4 is 11.6 Å². The summed E-state index contributed by atoms with van der Waals surface area (Å²) in [6.07, 6.45) is 20.0. The third-order valence-corrected chi connectivity index (χ3v) is 11.1. The minimum atomic E-state index is 0.385. The monoisotopic (exact) mass is 430 g/mol. The first-order chi connectivity index (χ1) is 14.2. The average molecular weight is 431 g/mol. The molecule has 30 heavy (non-hydrogen) atoms. The Morgan fingerprint density at radius 3 is 2.50 bits per heavy atom. The van der Waals surface area contributed by atoms with Crippen molar-refractivity contribution < 1.29 is 0 Å². The molecule has 170 valence electrons. The van der Waals surface area contributed by atoms with Crippen LogP contribution in [0.1, 0.15) is 99.3 Å². The zero-order valence-electron chi connectivity index (χ0n) is 20.6. The molecule has 4 aliphatic rings. The summed E-state index contributed by atoms with van der Waals surface area (Å²) in [5.41, 5.74) is 2.73. The fourth-order valence-corrected chi connectivity index (χ4v) is 9.08. The lowest BCUT2D eigenvalue weighted by molar-refractivity contribution is -0.0460. The van der Waals surface area contributed by atoms with Crippen molar-refractivity contribution in [3.63, 3.8) is 0 Å². The Morgan fingerprint density at radius 2 is 1.80 bits per heavy atom. The molecule has 3 saturated carbocycles. The maximum Gasteiger partial charge on any atom is 0.0373 e. The van der Waals surface area contributed by atoms with E-state index in [9.17, 15) is 0 Å². The molecule has 9 atom stereocenters. The quantitative estimate of drug-likeness (QED) is 0.301. The molecule has 4 rings (SSSR count). The highest BCUT2D eigenvalue weighted by molar-refractivity contribution is 6.20. The highest BCUT2D eigenvalue weighted by Gasteiger charge is 2.58.